The summed E-state index contributed by atoms with van der Waals surface area (Å²) in [5.41, 5.74) is 0.846. The molecule has 0 N–H and O–H groups in total. The second-order valence-corrected chi connectivity index (χ2v) is 7.27. The minimum atomic E-state index is -0.605. The molecule has 2 heterocycles. The number of rotatable bonds is 3. The van der Waals surface area contributed by atoms with Crippen molar-refractivity contribution in [3.05, 3.63) is 50.9 Å². The zero-order valence-electron chi connectivity index (χ0n) is 13.4. The maximum Gasteiger partial charge on any atom is 0.311 e. The fourth-order valence-electron chi connectivity index (χ4n) is 3.15. The van der Waals surface area contributed by atoms with E-state index in [2.05, 4.69) is 16.9 Å². The maximum absolute atomic E-state index is 13.6. The Morgan fingerprint density at radius 2 is 2.24 bits per heavy atom. The van der Waals surface area contributed by atoms with E-state index in [1.54, 1.807) is 11.3 Å². The first-order valence-electron chi connectivity index (χ1n) is 7.90. The third-order valence-corrected chi connectivity index (χ3v) is 5.54. The van der Waals surface area contributed by atoms with E-state index in [4.69, 9.17) is 4.74 Å². The number of benzene rings is 1. The second kappa shape index (κ2) is 6.03. The van der Waals surface area contributed by atoms with Crippen LogP contribution in [0.2, 0.25) is 0 Å². The summed E-state index contributed by atoms with van der Waals surface area (Å²) in [6.07, 6.45) is 4.31. The van der Waals surface area contributed by atoms with Crippen LogP contribution < -0.4 is 4.74 Å². The van der Waals surface area contributed by atoms with Crippen molar-refractivity contribution >= 4 is 27.2 Å². The molecule has 6 nitrogen and oxygen atoms in total. The van der Waals surface area contributed by atoms with Crippen LogP contribution >= 0.6 is 11.3 Å². The molecule has 0 aliphatic heterocycles. The van der Waals surface area contributed by atoms with E-state index >= 15 is 0 Å². The molecule has 8 heteroatoms. The van der Waals surface area contributed by atoms with Crippen molar-refractivity contribution in [3.8, 4) is 11.6 Å². The molecule has 1 aromatic carbocycles. The van der Waals surface area contributed by atoms with Crippen LogP contribution in [0, 0.1) is 21.8 Å². The van der Waals surface area contributed by atoms with Gasteiger partial charge in [-0.3, -0.25) is 10.1 Å². The maximum atomic E-state index is 13.6. The summed E-state index contributed by atoms with van der Waals surface area (Å²) in [5, 5.41) is 12.0. The van der Waals surface area contributed by atoms with Crippen LogP contribution in [0.3, 0.4) is 0 Å². The molecule has 4 rings (SSSR count). The quantitative estimate of drug-likeness (QED) is 0.502. The van der Waals surface area contributed by atoms with Crippen LogP contribution in [-0.4, -0.2) is 14.9 Å². The minimum Gasteiger partial charge on any atom is -0.431 e. The Balaban J connectivity index is 1.83. The number of halogens is 1. The summed E-state index contributed by atoms with van der Waals surface area (Å²) in [6.45, 7) is 2.21. The molecule has 0 bridgehead atoms. The first kappa shape index (κ1) is 15.9. The van der Waals surface area contributed by atoms with Crippen molar-refractivity contribution in [2.45, 2.75) is 26.2 Å². The predicted octanol–water partition coefficient (Wildman–Crippen LogP) is 4.66. The van der Waals surface area contributed by atoms with E-state index in [0.717, 1.165) is 53.2 Å². The van der Waals surface area contributed by atoms with Crippen LogP contribution in [0.25, 0.3) is 10.2 Å². The third kappa shape index (κ3) is 2.82. The largest absolute Gasteiger partial charge is 0.431 e. The average molecular weight is 359 g/mol. The van der Waals surface area contributed by atoms with Gasteiger partial charge in [0.2, 0.25) is 11.6 Å². The predicted molar refractivity (Wildman–Crippen MR) is 91.7 cm³/mol. The number of nitro groups is 1. The van der Waals surface area contributed by atoms with Crippen molar-refractivity contribution in [1.29, 1.82) is 0 Å². The Labute approximate surface area is 146 Å². The highest BCUT2D eigenvalue weighted by atomic mass is 32.1. The molecule has 0 amide bonds. The van der Waals surface area contributed by atoms with Gasteiger partial charge in [-0.2, -0.15) is 0 Å². The number of hydrogen-bond donors (Lipinski definition) is 0. The molecule has 25 heavy (non-hydrogen) atoms. The molecular weight excluding hydrogens is 345 g/mol. The number of aryl methyl sites for hydroxylation is 1. The van der Waals surface area contributed by atoms with Crippen LogP contribution in [0.4, 0.5) is 10.1 Å². The van der Waals surface area contributed by atoms with E-state index in [1.165, 1.54) is 11.2 Å². The highest BCUT2D eigenvalue weighted by Crippen LogP contribution is 2.42. The monoisotopic (exact) mass is 359 g/mol. The summed E-state index contributed by atoms with van der Waals surface area (Å²) in [5.74, 6) is 0.0918. The van der Waals surface area contributed by atoms with Gasteiger partial charge in [0.1, 0.15) is 17.0 Å². The van der Waals surface area contributed by atoms with E-state index in [1.807, 2.05) is 0 Å². The van der Waals surface area contributed by atoms with Crippen LogP contribution in [-0.2, 0) is 12.8 Å². The van der Waals surface area contributed by atoms with Gasteiger partial charge in [0.25, 0.3) is 0 Å². The molecule has 0 spiro atoms. The summed E-state index contributed by atoms with van der Waals surface area (Å²) >= 11 is 1.60. The average Bonchev–Trinajstić information content (AvgIpc) is 2.93. The number of ether oxygens (including phenoxy) is 1. The normalized spacial score (nSPS) is 16.6. The number of hydrogen-bond acceptors (Lipinski definition) is 6. The van der Waals surface area contributed by atoms with E-state index in [-0.39, 0.29) is 17.3 Å². The van der Waals surface area contributed by atoms with Crippen molar-refractivity contribution in [3.63, 3.8) is 0 Å². The number of nitrogens with zero attached hydrogens (tertiary/aromatic N) is 3. The molecule has 0 radical (unpaired) electrons. The Hall–Kier alpha value is -2.61. The number of thiophene rings is 1. The SMILES string of the molecule is C[C@@H]1CCc2c(sc3ncnc(Oc4cc(F)ccc4[N+](=O)[O-])c23)C1. The van der Waals surface area contributed by atoms with Gasteiger partial charge in [0.15, 0.2) is 0 Å². The lowest BCUT2D eigenvalue weighted by molar-refractivity contribution is -0.385. The summed E-state index contributed by atoms with van der Waals surface area (Å²) in [4.78, 5) is 21.1. The molecule has 0 unspecified atom stereocenters. The first-order chi connectivity index (χ1) is 12.0. The molecule has 3 aromatic rings. The number of nitro benzene ring substituents is 1. The molecule has 2 aromatic heterocycles. The standard InChI is InChI=1S/C17H14FN3O3S/c1-9-2-4-11-14(6-9)25-17-15(11)16(19-8-20-17)24-13-7-10(18)3-5-12(13)21(22)23/h3,5,7-9H,2,4,6H2,1H3/t9-/m1/s1. The Morgan fingerprint density at radius 1 is 1.40 bits per heavy atom. The molecular formula is C17H14FN3O3S. The first-order valence-corrected chi connectivity index (χ1v) is 8.71. The van der Waals surface area contributed by atoms with Crippen molar-refractivity contribution < 1.29 is 14.1 Å². The van der Waals surface area contributed by atoms with Crippen molar-refractivity contribution in [2.75, 3.05) is 0 Å². The molecule has 128 valence electrons. The highest BCUT2D eigenvalue weighted by molar-refractivity contribution is 7.18. The lowest BCUT2D eigenvalue weighted by Gasteiger charge is -2.18. The van der Waals surface area contributed by atoms with Gasteiger partial charge in [0, 0.05) is 17.0 Å². The van der Waals surface area contributed by atoms with Gasteiger partial charge < -0.3 is 4.74 Å². The van der Waals surface area contributed by atoms with Crippen molar-refractivity contribution in [1.82, 2.24) is 9.97 Å². The summed E-state index contributed by atoms with van der Waals surface area (Å²) in [6, 6.07) is 3.13. The fourth-order valence-corrected chi connectivity index (χ4v) is 4.49. The Morgan fingerprint density at radius 3 is 3.04 bits per heavy atom. The van der Waals surface area contributed by atoms with Crippen molar-refractivity contribution in [2.24, 2.45) is 5.92 Å². The van der Waals surface area contributed by atoms with Crippen LogP contribution in [0.15, 0.2) is 24.5 Å². The minimum absolute atomic E-state index is 0.158. The topological polar surface area (TPSA) is 78.2 Å². The van der Waals surface area contributed by atoms with Gasteiger partial charge >= 0.3 is 5.69 Å². The second-order valence-electron chi connectivity index (χ2n) is 6.18. The van der Waals surface area contributed by atoms with Crippen LogP contribution in [0.5, 0.6) is 11.6 Å². The van der Waals surface area contributed by atoms with Gasteiger partial charge in [-0.15, -0.1) is 11.3 Å². The molecule has 1 atom stereocenters. The lowest BCUT2D eigenvalue weighted by atomic mass is 9.89. The molecule has 0 saturated carbocycles. The molecule has 1 aliphatic rings. The summed E-state index contributed by atoms with van der Waals surface area (Å²) < 4.78 is 19.2. The van der Waals surface area contributed by atoms with E-state index in [0.29, 0.717) is 5.92 Å². The van der Waals surface area contributed by atoms with Gasteiger partial charge in [-0.1, -0.05) is 6.92 Å². The third-order valence-electron chi connectivity index (χ3n) is 4.38. The smallest absolute Gasteiger partial charge is 0.311 e. The van der Waals surface area contributed by atoms with E-state index in [9.17, 15) is 14.5 Å². The molecule has 0 fully saturated rings. The van der Waals surface area contributed by atoms with Gasteiger partial charge in [-0.05, 0) is 36.8 Å². The molecule has 1 aliphatic carbocycles. The lowest BCUT2D eigenvalue weighted by Crippen LogP contribution is -2.08. The molecule has 0 saturated heterocycles. The van der Waals surface area contributed by atoms with Crippen LogP contribution in [0.1, 0.15) is 23.8 Å². The highest BCUT2D eigenvalue weighted by Gasteiger charge is 2.25. The van der Waals surface area contributed by atoms with Gasteiger partial charge in [0.05, 0.1) is 10.3 Å². The van der Waals surface area contributed by atoms with Gasteiger partial charge in [-0.25, -0.2) is 14.4 Å². The zero-order chi connectivity index (χ0) is 17.6. The number of aromatic nitrogens is 2. The number of fused-ring (bicyclic) bond motifs is 3. The Kier molecular flexibility index (Phi) is 3.84. The Bertz CT molecular complexity index is 989. The summed E-state index contributed by atoms with van der Waals surface area (Å²) in [7, 11) is 0. The van der Waals surface area contributed by atoms with E-state index < -0.39 is 10.7 Å². The fraction of sp³-hybridized carbons (Fsp3) is 0.294. The zero-order valence-corrected chi connectivity index (χ0v) is 14.2.